The number of aromatic amines is 1. The molecule has 3 N–H and O–H groups in total. The Morgan fingerprint density at radius 3 is 3.06 bits per heavy atom. The van der Waals surface area contributed by atoms with E-state index in [0.29, 0.717) is 25.3 Å². The third-order valence-electron chi connectivity index (χ3n) is 2.79. The summed E-state index contributed by atoms with van der Waals surface area (Å²) in [6.45, 7) is 1.08. The molecule has 0 aromatic carbocycles. The second-order valence-corrected chi connectivity index (χ2v) is 3.96. The highest BCUT2D eigenvalue weighted by atomic mass is 16.4. The molecule has 0 saturated carbocycles. The number of rotatable bonds is 3. The molecule has 0 radical (unpaired) electrons. The summed E-state index contributed by atoms with van der Waals surface area (Å²) in [6.07, 6.45) is 3.80. The molecular formula is C10H14N4O3. The molecule has 0 aliphatic carbocycles. The summed E-state index contributed by atoms with van der Waals surface area (Å²) in [5.74, 6) is -0.608. The summed E-state index contributed by atoms with van der Waals surface area (Å²) in [5, 5.41) is 11.5. The van der Waals surface area contributed by atoms with Crippen molar-refractivity contribution in [1.29, 1.82) is 0 Å². The molecule has 7 nitrogen and oxygen atoms in total. The fraction of sp³-hybridized carbons (Fsp3) is 0.500. The van der Waals surface area contributed by atoms with Gasteiger partial charge < -0.3 is 20.3 Å². The summed E-state index contributed by atoms with van der Waals surface area (Å²) in [7, 11) is 0. The first-order valence-electron chi connectivity index (χ1n) is 5.40. The predicted molar refractivity (Wildman–Crippen MR) is 58.1 cm³/mol. The van der Waals surface area contributed by atoms with E-state index in [4.69, 9.17) is 5.11 Å². The van der Waals surface area contributed by atoms with E-state index in [1.165, 1.54) is 4.90 Å². The number of carboxylic acid groups (broad SMARTS) is 1. The normalized spacial score (nSPS) is 19.3. The van der Waals surface area contributed by atoms with Crippen LogP contribution < -0.4 is 5.32 Å². The van der Waals surface area contributed by atoms with Gasteiger partial charge in [-0.3, -0.25) is 4.79 Å². The van der Waals surface area contributed by atoms with Gasteiger partial charge in [0.1, 0.15) is 5.82 Å². The zero-order chi connectivity index (χ0) is 12.3. The number of nitrogens with zero attached hydrogens (tertiary/aromatic N) is 2. The minimum atomic E-state index is -0.841. The van der Waals surface area contributed by atoms with Crippen LogP contribution in [0, 0.1) is 5.92 Å². The van der Waals surface area contributed by atoms with E-state index in [2.05, 4.69) is 15.3 Å². The van der Waals surface area contributed by atoms with E-state index in [9.17, 15) is 9.59 Å². The summed E-state index contributed by atoms with van der Waals surface area (Å²) < 4.78 is 0. The predicted octanol–water partition coefficient (Wildman–Crippen LogP) is 0.0258. The van der Waals surface area contributed by atoms with Crippen LogP contribution in [0.4, 0.5) is 4.79 Å². The van der Waals surface area contributed by atoms with E-state index in [0.717, 1.165) is 0 Å². The quantitative estimate of drug-likeness (QED) is 0.691. The molecule has 1 aliphatic rings. The Morgan fingerprint density at radius 1 is 1.65 bits per heavy atom. The van der Waals surface area contributed by atoms with E-state index in [-0.39, 0.29) is 12.6 Å². The van der Waals surface area contributed by atoms with Gasteiger partial charge in [0, 0.05) is 25.5 Å². The van der Waals surface area contributed by atoms with Crippen LogP contribution in [0.15, 0.2) is 12.4 Å². The molecule has 1 aliphatic heterocycles. The number of H-pyrrole nitrogens is 1. The summed E-state index contributed by atoms with van der Waals surface area (Å²) >= 11 is 0. The maximum Gasteiger partial charge on any atom is 0.317 e. The number of likely N-dealkylation sites (tertiary alicyclic amines) is 1. The zero-order valence-electron chi connectivity index (χ0n) is 9.22. The van der Waals surface area contributed by atoms with Crippen LogP contribution in [0.1, 0.15) is 12.2 Å². The van der Waals surface area contributed by atoms with Gasteiger partial charge in [-0.05, 0) is 6.42 Å². The molecule has 1 unspecified atom stereocenters. The van der Waals surface area contributed by atoms with Crippen molar-refractivity contribution < 1.29 is 14.7 Å². The van der Waals surface area contributed by atoms with Crippen LogP contribution in [0.2, 0.25) is 0 Å². The summed E-state index contributed by atoms with van der Waals surface area (Å²) in [5.41, 5.74) is 0. The van der Waals surface area contributed by atoms with E-state index >= 15 is 0 Å². The van der Waals surface area contributed by atoms with Gasteiger partial charge in [-0.15, -0.1) is 0 Å². The zero-order valence-corrected chi connectivity index (χ0v) is 9.22. The number of hydrogen-bond donors (Lipinski definition) is 3. The van der Waals surface area contributed by atoms with Gasteiger partial charge in [0.05, 0.1) is 12.5 Å². The highest BCUT2D eigenvalue weighted by Crippen LogP contribution is 2.16. The monoisotopic (exact) mass is 238 g/mol. The van der Waals surface area contributed by atoms with Gasteiger partial charge in [0.25, 0.3) is 0 Å². The third-order valence-corrected chi connectivity index (χ3v) is 2.79. The number of nitrogens with one attached hydrogen (secondary N) is 2. The number of carboxylic acids is 1. The average Bonchev–Trinajstić information content (AvgIpc) is 2.96. The topological polar surface area (TPSA) is 98.3 Å². The van der Waals surface area contributed by atoms with Gasteiger partial charge in [0.2, 0.25) is 0 Å². The first kappa shape index (κ1) is 11.4. The van der Waals surface area contributed by atoms with Gasteiger partial charge in [-0.2, -0.15) is 0 Å². The smallest absolute Gasteiger partial charge is 0.317 e. The number of carbonyl (C=O) groups is 2. The molecule has 0 bridgehead atoms. The van der Waals surface area contributed by atoms with Gasteiger partial charge >= 0.3 is 12.0 Å². The van der Waals surface area contributed by atoms with Crippen LogP contribution in [0.3, 0.4) is 0 Å². The van der Waals surface area contributed by atoms with E-state index in [1.54, 1.807) is 12.4 Å². The summed E-state index contributed by atoms with van der Waals surface area (Å²) in [6, 6.07) is -0.245. The number of urea groups is 1. The molecule has 1 fully saturated rings. The number of hydrogen-bond acceptors (Lipinski definition) is 3. The molecule has 1 saturated heterocycles. The van der Waals surface area contributed by atoms with Crippen molar-refractivity contribution in [2.75, 3.05) is 13.1 Å². The van der Waals surface area contributed by atoms with Crippen LogP contribution >= 0.6 is 0 Å². The maximum absolute atomic E-state index is 11.7. The Balaban J connectivity index is 1.79. The molecule has 7 heteroatoms. The van der Waals surface area contributed by atoms with E-state index < -0.39 is 11.9 Å². The number of imidazole rings is 1. The minimum Gasteiger partial charge on any atom is -0.481 e. The van der Waals surface area contributed by atoms with Gasteiger partial charge in [-0.1, -0.05) is 0 Å². The fourth-order valence-corrected chi connectivity index (χ4v) is 1.81. The molecule has 17 heavy (non-hydrogen) atoms. The van der Waals surface area contributed by atoms with Crippen LogP contribution in [-0.2, 0) is 11.3 Å². The SMILES string of the molecule is O=C(O)C1CCN(C(=O)NCc2ncc[nH]2)C1. The standard InChI is InChI=1S/C10H14N4O3/c15-9(16)7-1-4-14(6-7)10(17)13-5-8-11-2-3-12-8/h2-3,7H,1,4-6H2,(H,11,12)(H,13,17)(H,15,16). The lowest BCUT2D eigenvalue weighted by Gasteiger charge is -2.16. The van der Waals surface area contributed by atoms with Crippen molar-refractivity contribution in [1.82, 2.24) is 20.2 Å². The Morgan fingerprint density at radius 2 is 2.47 bits per heavy atom. The Labute approximate surface area is 97.8 Å². The lowest BCUT2D eigenvalue weighted by molar-refractivity contribution is -0.141. The molecule has 1 aromatic rings. The highest BCUT2D eigenvalue weighted by molar-refractivity contribution is 5.77. The fourth-order valence-electron chi connectivity index (χ4n) is 1.81. The van der Waals surface area contributed by atoms with Crippen LogP contribution in [0.25, 0.3) is 0 Å². The Kier molecular flexibility index (Phi) is 3.27. The second-order valence-electron chi connectivity index (χ2n) is 3.96. The molecule has 2 amide bonds. The highest BCUT2D eigenvalue weighted by Gasteiger charge is 2.30. The first-order valence-corrected chi connectivity index (χ1v) is 5.40. The van der Waals surface area contributed by atoms with Crippen molar-refractivity contribution >= 4 is 12.0 Å². The van der Waals surface area contributed by atoms with Gasteiger partial charge in [0.15, 0.2) is 0 Å². The molecule has 1 atom stereocenters. The number of amides is 2. The molecule has 2 rings (SSSR count). The van der Waals surface area contributed by atoms with Crippen molar-refractivity contribution in [3.63, 3.8) is 0 Å². The molecule has 92 valence electrons. The van der Waals surface area contributed by atoms with Gasteiger partial charge in [-0.25, -0.2) is 9.78 Å². The molecular weight excluding hydrogens is 224 g/mol. The van der Waals surface area contributed by atoms with Crippen molar-refractivity contribution in [3.05, 3.63) is 18.2 Å². The number of carbonyl (C=O) groups excluding carboxylic acids is 1. The van der Waals surface area contributed by atoms with Crippen LogP contribution in [-0.4, -0.2) is 45.1 Å². The van der Waals surface area contributed by atoms with Crippen molar-refractivity contribution in [2.45, 2.75) is 13.0 Å². The van der Waals surface area contributed by atoms with E-state index in [1.807, 2.05) is 0 Å². The Bertz CT molecular complexity index is 404. The molecule has 2 heterocycles. The lowest BCUT2D eigenvalue weighted by atomic mass is 10.1. The Hall–Kier alpha value is -2.05. The number of aliphatic carboxylic acids is 1. The largest absolute Gasteiger partial charge is 0.481 e. The number of aromatic nitrogens is 2. The van der Waals surface area contributed by atoms with Crippen molar-refractivity contribution in [2.24, 2.45) is 5.92 Å². The maximum atomic E-state index is 11.7. The first-order chi connectivity index (χ1) is 8.16. The average molecular weight is 238 g/mol. The minimum absolute atomic E-state index is 0.245. The summed E-state index contributed by atoms with van der Waals surface area (Å²) in [4.78, 5) is 30.8. The third kappa shape index (κ3) is 2.74. The van der Waals surface area contributed by atoms with Crippen molar-refractivity contribution in [3.8, 4) is 0 Å². The molecule has 1 aromatic heterocycles. The lowest BCUT2D eigenvalue weighted by Crippen LogP contribution is -2.38. The molecule has 0 spiro atoms. The van der Waals surface area contributed by atoms with Crippen LogP contribution in [0.5, 0.6) is 0 Å². The second kappa shape index (κ2) is 4.86.